The number of hydrogen-bond acceptors (Lipinski definition) is 2. The molecule has 0 N–H and O–H groups in total. The summed E-state index contributed by atoms with van der Waals surface area (Å²) < 4.78 is 38.7. The van der Waals surface area contributed by atoms with Gasteiger partial charge in [-0.2, -0.15) is 0 Å². The van der Waals surface area contributed by atoms with E-state index in [-0.39, 0.29) is 11.4 Å². The van der Waals surface area contributed by atoms with E-state index in [4.69, 9.17) is 0 Å². The summed E-state index contributed by atoms with van der Waals surface area (Å²) in [4.78, 5) is 7.25. The Morgan fingerprint density at radius 2 is 1.73 bits per heavy atom. The lowest BCUT2D eigenvalue weighted by atomic mass is 10.2. The topological polar surface area (TPSA) is 25.8 Å². The summed E-state index contributed by atoms with van der Waals surface area (Å²) in [6.45, 7) is 0. The molecule has 0 saturated carbocycles. The number of rotatable bonds is 1. The normalized spacial score (nSPS) is 10.3. The zero-order valence-corrected chi connectivity index (χ0v) is 7.42. The summed E-state index contributed by atoms with van der Waals surface area (Å²) in [5.41, 5.74) is -0.136. The number of aromatic nitrogens is 2. The lowest BCUT2D eigenvalue weighted by Crippen LogP contribution is -1.98. The molecule has 0 aliphatic rings. The molecule has 0 saturated heterocycles. The van der Waals surface area contributed by atoms with Crippen molar-refractivity contribution in [1.82, 2.24) is 9.97 Å². The minimum absolute atomic E-state index is 0.161. The van der Waals surface area contributed by atoms with E-state index in [1.807, 2.05) is 0 Å². The van der Waals surface area contributed by atoms with Crippen LogP contribution in [0.2, 0.25) is 0 Å². The Morgan fingerprint density at radius 3 is 2.40 bits per heavy atom. The van der Waals surface area contributed by atoms with Gasteiger partial charge in [-0.25, -0.2) is 18.2 Å². The Morgan fingerprint density at radius 1 is 0.933 bits per heavy atom. The van der Waals surface area contributed by atoms with Gasteiger partial charge in [0.1, 0.15) is 5.69 Å². The molecular weight excluding hydrogens is 205 g/mol. The summed E-state index contributed by atoms with van der Waals surface area (Å²) >= 11 is 0. The number of hydrogen-bond donors (Lipinski definition) is 0. The second-order valence-corrected chi connectivity index (χ2v) is 2.80. The molecule has 5 heteroatoms. The average molecular weight is 210 g/mol. The van der Waals surface area contributed by atoms with Gasteiger partial charge in [0.2, 0.25) is 0 Å². The van der Waals surface area contributed by atoms with Crippen LogP contribution >= 0.6 is 0 Å². The van der Waals surface area contributed by atoms with Crippen LogP contribution in [-0.4, -0.2) is 9.97 Å². The van der Waals surface area contributed by atoms with E-state index in [0.717, 1.165) is 0 Å². The third-order valence-electron chi connectivity index (χ3n) is 1.82. The minimum atomic E-state index is -1.54. The largest absolute Gasteiger partial charge is 0.255 e. The van der Waals surface area contributed by atoms with Gasteiger partial charge in [-0.3, -0.25) is 4.98 Å². The van der Waals surface area contributed by atoms with Gasteiger partial charge in [0.25, 0.3) is 0 Å². The second kappa shape index (κ2) is 3.68. The molecule has 0 fully saturated rings. The highest BCUT2D eigenvalue weighted by Crippen LogP contribution is 2.20. The monoisotopic (exact) mass is 210 g/mol. The Balaban J connectivity index is 2.60. The van der Waals surface area contributed by atoms with E-state index in [2.05, 4.69) is 9.97 Å². The van der Waals surface area contributed by atoms with Crippen molar-refractivity contribution >= 4 is 0 Å². The maximum atomic E-state index is 13.2. The zero-order chi connectivity index (χ0) is 10.8. The molecule has 0 aliphatic heterocycles. The van der Waals surface area contributed by atoms with E-state index in [9.17, 15) is 13.2 Å². The number of pyridine rings is 2. The molecule has 15 heavy (non-hydrogen) atoms. The quantitative estimate of drug-likeness (QED) is 0.722. The first-order valence-corrected chi connectivity index (χ1v) is 4.11. The maximum absolute atomic E-state index is 13.2. The van der Waals surface area contributed by atoms with Crippen LogP contribution in [0.25, 0.3) is 11.4 Å². The molecule has 0 aromatic carbocycles. The Bertz CT molecular complexity index is 486. The van der Waals surface area contributed by atoms with Crippen LogP contribution < -0.4 is 0 Å². The van der Waals surface area contributed by atoms with E-state index >= 15 is 0 Å². The van der Waals surface area contributed by atoms with Gasteiger partial charge >= 0.3 is 0 Å². The first kappa shape index (κ1) is 9.64. The van der Waals surface area contributed by atoms with E-state index in [1.165, 1.54) is 12.3 Å². The molecule has 0 amide bonds. The highest BCUT2D eigenvalue weighted by atomic mass is 19.2. The Kier molecular flexibility index (Phi) is 2.37. The van der Waals surface area contributed by atoms with Gasteiger partial charge in [-0.15, -0.1) is 0 Å². The molecule has 76 valence electrons. The first-order valence-electron chi connectivity index (χ1n) is 4.11. The Hall–Kier alpha value is -1.91. The Labute approximate surface area is 83.4 Å². The van der Waals surface area contributed by atoms with Crippen LogP contribution in [0.15, 0.2) is 30.6 Å². The van der Waals surface area contributed by atoms with Crippen molar-refractivity contribution in [2.24, 2.45) is 0 Å². The average Bonchev–Trinajstić information content (AvgIpc) is 2.27. The lowest BCUT2D eigenvalue weighted by molar-refractivity contribution is 0.443. The maximum Gasteiger partial charge on any atom is 0.198 e. The summed E-state index contributed by atoms with van der Waals surface area (Å²) in [6.07, 6.45) is 2.04. The van der Waals surface area contributed by atoms with Crippen LogP contribution in [0, 0.1) is 17.5 Å². The minimum Gasteiger partial charge on any atom is -0.255 e. The highest BCUT2D eigenvalue weighted by molar-refractivity contribution is 5.54. The number of halogens is 3. The molecule has 0 unspecified atom stereocenters. The zero-order valence-electron chi connectivity index (χ0n) is 7.42. The third kappa shape index (κ3) is 1.68. The fourth-order valence-electron chi connectivity index (χ4n) is 1.12. The van der Waals surface area contributed by atoms with Crippen LogP contribution in [0.1, 0.15) is 0 Å². The van der Waals surface area contributed by atoms with Crippen LogP contribution in [0.3, 0.4) is 0 Å². The van der Waals surface area contributed by atoms with Gasteiger partial charge in [-0.05, 0) is 12.1 Å². The molecule has 2 aromatic rings. The molecule has 2 heterocycles. The van der Waals surface area contributed by atoms with Crippen molar-refractivity contribution in [3.05, 3.63) is 48.0 Å². The van der Waals surface area contributed by atoms with Gasteiger partial charge in [0.05, 0.1) is 11.9 Å². The smallest absolute Gasteiger partial charge is 0.198 e. The summed E-state index contributed by atoms with van der Waals surface area (Å²) in [5.74, 6) is -4.17. The molecule has 2 rings (SSSR count). The molecule has 2 aromatic heterocycles. The van der Waals surface area contributed by atoms with Crippen molar-refractivity contribution in [2.45, 2.75) is 0 Å². The molecular formula is C10H5F3N2. The van der Waals surface area contributed by atoms with Crippen LogP contribution in [0.4, 0.5) is 13.2 Å². The molecule has 0 aliphatic carbocycles. The van der Waals surface area contributed by atoms with Crippen molar-refractivity contribution < 1.29 is 13.2 Å². The lowest BCUT2D eigenvalue weighted by Gasteiger charge is -2.02. The number of nitrogens with zero attached hydrogens (tertiary/aromatic N) is 2. The van der Waals surface area contributed by atoms with E-state index < -0.39 is 17.5 Å². The predicted octanol–water partition coefficient (Wildman–Crippen LogP) is 2.56. The molecule has 0 bridgehead atoms. The van der Waals surface area contributed by atoms with Crippen LogP contribution in [-0.2, 0) is 0 Å². The molecule has 2 nitrogen and oxygen atoms in total. The summed E-state index contributed by atoms with van der Waals surface area (Å²) in [7, 11) is 0. The predicted molar refractivity (Wildman–Crippen MR) is 47.3 cm³/mol. The van der Waals surface area contributed by atoms with Crippen LogP contribution in [0.5, 0.6) is 0 Å². The second-order valence-electron chi connectivity index (χ2n) is 2.80. The SMILES string of the molecule is Fc1cnc(-c2ccccn2)c(F)c1F. The van der Waals surface area contributed by atoms with Gasteiger partial charge in [0.15, 0.2) is 17.5 Å². The highest BCUT2D eigenvalue weighted by Gasteiger charge is 2.16. The summed E-state index contributed by atoms with van der Waals surface area (Å²) in [5, 5.41) is 0. The third-order valence-corrected chi connectivity index (χ3v) is 1.82. The standard InChI is InChI=1S/C10H5F3N2/c11-6-5-15-10(9(13)8(6)12)7-3-1-2-4-14-7/h1-5H. The van der Waals surface area contributed by atoms with Crippen molar-refractivity contribution in [2.75, 3.05) is 0 Å². The van der Waals surface area contributed by atoms with Crippen molar-refractivity contribution in [3.8, 4) is 11.4 Å². The molecule has 0 spiro atoms. The molecule has 0 radical (unpaired) electrons. The fourth-order valence-corrected chi connectivity index (χ4v) is 1.12. The van der Waals surface area contributed by atoms with Gasteiger partial charge < -0.3 is 0 Å². The first-order chi connectivity index (χ1) is 7.20. The molecule has 0 atom stereocenters. The van der Waals surface area contributed by atoms with Gasteiger partial charge in [-0.1, -0.05) is 6.07 Å². The van der Waals surface area contributed by atoms with E-state index in [1.54, 1.807) is 12.1 Å². The van der Waals surface area contributed by atoms with Crippen molar-refractivity contribution in [1.29, 1.82) is 0 Å². The van der Waals surface area contributed by atoms with Gasteiger partial charge in [0, 0.05) is 6.20 Å². The summed E-state index contributed by atoms with van der Waals surface area (Å²) in [6, 6.07) is 4.69. The van der Waals surface area contributed by atoms with Crippen molar-refractivity contribution in [3.63, 3.8) is 0 Å². The fraction of sp³-hybridized carbons (Fsp3) is 0. The van der Waals surface area contributed by atoms with E-state index in [0.29, 0.717) is 6.20 Å².